The first-order chi connectivity index (χ1) is 10.2. The number of likely N-dealkylation sites (tertiary alicyclic amines) is 1. The molecule has 3 heterocycles. The van der Waals surface area contributed by atoms with Gasteiger partial charge in [-0.1, -0.05) is 0 Å². The van der Waals surface area contributed by atoms with Gasteiger partial charge >= 0.3 is 0 Å². The van der Waals surface area contributed by atoms with Crippen LogP contribution < -0.4 is 5.32 Å². The van der Waals surface area contributed by atoms with Crippen molar-refractivity contribution in [2.75, 3.05) is 52.4 Å². The van der Waals surface area contributed by atoms with Crippen molar-refractivity contribution in [2.45, 2.75) is 38.7 Å². The van der Waals surface area contributed by atoms with Crippen LogP contribution in [-0.4, -0.2) is 74.2 Å². The van der Waals surface area contributed by atoms with Gasteiger partial charge in [0.25, 0.3) is 0 Å². The van der Waals surface area contributed by atoms with E-state index in [4.69, 9.17) is 4.74 Å². The minimum atomic E-state index is 0.179. The average molecular weight is 295 g/mol. The molecule has 21 heavy (non-hydrogen) atoms. The summed E-state index contributed by atoms with van der Waals surface area (Å²) in [5.74, 6) is 0.283. The summed E-state index contributed by atoms with van der Waals surface area (Å²) in [6.45, 7) is 9.28. The van der Waals surface area contributed by atoms with Crippen LogP contribution in [0.25, 0.3) is 0 Å². The number of carbonyl (C=O) groups excluding carboxylic acids is 1. The number of ether oxygens (including phenoxy) is 1. The minimum Gasteiger partial charge on any atom is -0.375 e. The molecule has 3 aliphatic rings. The van der Waals surface area contributed by atoms with Crippen molar-refractivity contribution in [3.63, 3.8) is 0 Å². The van der Waals surface area contributed by atoms with Gasteiger partial charge < -0.3 is 15.0 Å². The van der Waals surface area contributed by atoms with Crippen molar-refractivity contribution in [3.05, 3.63) is 0 Å². The number of hydrogen-bond acceptors (Lipinski definition) is 4. The molecule has 3 fully saturated rings. The van der Waals surface area contributed by atoms with Crippen molar-refractivity contribution < 1.29 is 9.53 Å². The molecular weight excluding hydrogens is 266 g/mol. The Hall–Kier alpha value is -0.650. The Bertz CT molecular complexity index is 363. The Kier molecular flexibility index (Phi) is 4.82. The van der Waals surface area contributed by atoms with E-state index in [0.29, 0.717) is 18.6 Å². The zero-order valence-electron chi connectivity index (χ0n) is 13.3. The summed E-state index contributed by atoms with van der Waals surface area (Å²) in [6.07, 6.45) is 5.33. The third kappa shape index (κ3) is 3.76. The molecule has 0 bridgehead atoms. The standard InChI is InChI=1S/C16H29N3O2/c1-14-10-19(8-9-21-14)15(20)11-18-7-3-5-16(13-18)4-2-6-17-12-16/h14,17H,2-13H2,1H3. The molecule has 5 heteroatoms. The molecule has 0 aromatic rings. The summed E-state index contributed by atoms with van der Waals surface area (Å²) in [4.78, 5) is 16.9. The second-order valence-electron chi connectivity index (χ2n) is 7.12. The lowest BCUT2D eigenvalue weighted by Crippen LogP contribution is -2.54. The lowest BCUT2D eigenvalue weighted by molar-refractivity contribution is -0.140. The third-order valence-electron chi connectivity index (χ3n) is 5.25. The van der Waals surface area contributed by atoms with Gasteiger partial charge in [0.2, 0.25) is 5.91 Å². The highest BCUT2D eigenvalue weighted by molar-refractivity contribution is 5.78. The van der Waals surface area contributed by atoms with Crippen molar-refractivity contribution in [1.82, 2.24) is 15.1 Å². The largest absolute Gasteiger partial charge is 0.375 e. The average Bonchev–Trinajstić information content (AvgIpc) is 2.48. The smallest absolute Gasteiger partial charge is 0.236 e. The number of nitrogens with one attached hydrogen (secondary N) is 1. The summed E-state index contributed by atoms with van der Waals surface area (Å²) >= 11 is 0. The van der Waals surface area contributed by atoms with E-state index in [9.17, 15) is 4.79 Å². The maximum absolute atomic E-state index is 12.5. The van der Waals surface area contributed by atoms with Crippen LogP contribution in [0.2, 0.25) is 0 Å². The zero-order valence-corrected chi connectivity index (χ0v) is 13.3. The quantitative estimate of drug-likeness (QED) is 0.814. The first-order valence-electron chi connectivity index (χ1n) is 8.49. The molecule has 3 aliphatic heterocycles. The number of morpholine rings is 1. The minimum absolute atomic E-state index is 0.179. The molecule has 0 aliphatic carbocycles. The van der Waals surface area contributed by atoms with Gasteiger partial charge in [0.1, 0.15) is 0 Å². The molecule has 3 rings (SSSR count). The Balaban J connectivity index is 1.53. The summed E-state index contributed by atoms with van der Waals surface area (Å²) in [7, 11) is 0. The molecule has 120 valence electrons. The monoisotopic (exact) mass is 295 g/mol. The van der Waals surface area contributed by atoms with E-state index in [0.717, 1.165) is 39.3 Å². The molecule has 3 saturated heterocycles. The van der Waals surface area contributed by atoms with E-state index in [2.05, 4.69) is 10.2 Å². The first-order valence-corrected chi connectivity index (χ1v) is 8.49. The van der Waals surface area contributed by atoms with Gasteiger partial charge in [-0.05, 0) is 51.1 Å². The number of amides is 1. The van der Waals surface area contributed by atoms with Crippen LogP contribution in [0.3, 0.4) is 0 Å². The van der Waals surface area contributed by atoms with E-state index in [1.807, 2.05) is 11.8 Å². The number of nitrogens with zero attached hydrogens (tertiary/aromatic N) is 2. The number of piperidine rings is 2. The Morgan fingerprint density at radius 1 is 1.33 bits per heavy atom. The summed E-state index contributed by atoms with van der Waals surface area (Å²) in [6, 6.07) is 0. The Morgan fingerprint density at radius 3 is 2.95 bits per heavy atom. The predicted molar refractivity (Wildman–Crippen MR) is 82.2 cm³/mol. The van der Waals surface area contributed by atoms with Crippen LogP contribution in [0.1, 0.15) is 32.6 Å². The van der Waals surface area contributed by atoms with E-state index < -0.39 is 0 Å². The SMILES string of the molecule is CC1CN(C(=O)CN2CCCC3(CCCNC3)C2)CCO1. The Morgan fingerprint density at radius 2 is 2.19 bits per heavy atom. The Labute approximate surface area is 128 Å². The number of hydrogen-bond donors (Lipinski definition) is 1. The lowest BCUT2D eigenvalue weighted by atomic mass is 9.74. The second kappa shape index (κ2) is 6.63. The first kappa shape index (κ1) is 15.3. The van der Waals surface area contributed by atoms with Gasteiger partial charge in [0.15, 0.2) is 0 Å². The fraction of sp³-hybridized carbons (Fsp3) is 0.938. The summed E-state index contributed by atoms with van der Waals surface area (Å²) in [5, 5.41) is 3.55. The van der Waals surface area contributed by atoms with Crippen LogP contribution in [0.15, 0.2) is 0 Å². The highest BCUT2D eigenvalue weighted by Gasteiger charge is 2.37. The van der Waals surface area contributed by atoms with Crippen molar-refractivity contribution >= 4 is 5.91 Å². The van der Waals surface area contributed by atoms with Crippen molar-refractivity contribution in [1.29, 1.82) is 0 Å². The maximum atomic E-state index is 12.5. The number of rotatable bonds is 2. The fourth-order valence-corrected chi connectivity index (χ4v) is 4.16. The van der Waals surface area contributed by atoms with Gasteiger partial charge in [0, 0.05) is 26.2 Å². The molecule has 1 N–H and O–H groups in total. The maximum Gasteiger partial charge on any atom is 0.236 e. The van der Waals surface area contributed by atoms with Gasteiger partial charge in [-0.25, -0.2) is 0 Å². The van der Waals surface area contributed by atoms with Gasteiger partial charge in [-0.15, -0.1) is 0 Å². The van der Waals surface area contributed by atoms with Gasteiger partial charge in [-0.2, -0.15) is 0 Å². The molecule has 2 unspecified atom stereocenters. The lowest BCUT2D eigenvalue weighted by Gasteiger charge is -2.45. The second-order valence-corrected chi connectivity index (χ2v) is 7.12. The zero-order chi connectivity index (χ0) is 14.7. The van der Waals surface area contributed by atoms with Crippen LogP contribution in [0, 0.1) is 5.41 Å². The molecule has 0 aromatic carbocycles. The van der Waals surface area contributed by atoms with E-state index in [1.165, 1.54) is 25.7 Å². The van der Waals surface area contributed by atoms with Crippen LogP contribution in [-0.2, 0) is 9.53 Å². The van der Waals surface area contributed by atoms with E-state index in [-0.39, 0.29) is 12.0 Å². The predicted octanol–water partition coefficient (Wildman–Crippen LogP) is 0.699. The molecule has 0 radical (unpaired) electrons. The van der Waals surface area contributed by atoms with Crippen LogP contribution in [0.5, 0.6) is 0 Å². The topological polar surface area (TPSA) is 44.8 Å². The summed E-state index contributed by atoms with van der Waals surface area (Å²) in [5.41, 5.74) is 0.426. The molecule has 5 nitrogen and oxygen atoms in total. The summed E-state index contributed by atoms with van der Waals surface area (Å²) < 4.78 is 5.52. The van der Waals surface area contributed by atoms with Crippen LogP contribution in [0.4, 0.5) is 0 Å². The molecule has 0 saturated carbocycles. The third-order valence-corrected chi connectivity index (χ3v) is 5.25. The van der Waals surface area contributed by atoms with Crippen LogP contribution >= 0.6 is 0 Å². The number of carbonyl (C=O) groups is 1. The highest BCUT2D eigenvalue weighted by atomic mass is 16.5. The normalized spacial score (nSPS) is 35.1. The molecule has 1 amide bonds. The fourth-order valence-electron chi connectivity index (χ4n) is 4.16. The van der Waals surface area contributed by atoms with Gasteiger partial charge in [-0.3, -0.25) is 9.69 Å². The van der Waals surface area contributed by atoms with Crippen molar-refractivity contribution in [2.24, 2.45) is 5.41 Å². The van der Waals surface area contributed by atoms with E-state index >= 15 is 0 Å². The highest BCUT2D eigenvalue weighted by Crippen LogP contribution is 2.35. The molecule has 0 aromatic heterocycles. The molecule has 2 atom stereocenters. The van der Waals surface area contributed by atoms with Gasteiger partial charge in [0.05, 0.1) is 19.3 Å². The van der Waals surface area contributed by atoms with E-state index in [1.54, 1.807) is 0 Å². The molecule has 1 spiro atoms. The van der Waals surface area contributed by atoms with Crippen molar-refractivity contribution in [3.8, 4) is 0 Å². The molecular formula is C16H29N3O2.